The highest BCUT2D eigenvalue weighted by Gasteiger charge is 2.53. The van der Waals surface area contributed by atoms with Gasteiger partial charge in [0.15, 0.2) is 0 Å². The summed E-state index contributed by atoms with van der Waals surface area (Å²) in [5.41, 5.74) is -0.872. The van der Waals surface area contributed by atoms with Crippen LogP contribution in [0.25, 0.3) is 10.2 Å². The molecule has 1 saturated carbocycles. The van der Waals surface area contributed by atoms with Gasteiger partial charge in [-0.15, -0.1) is 11.3 Å². The number of carbonyl (C=O) groups is 1. The first kappa shape index (κ1) is 13.0. The smallest absolute Gasteiger partial charge is 0.262 e. The first-order chi connectivity index (χ1) is 10.1. The van der Waals surface area contributed by atoms with E-state index in [1.807, 2.05) is 5.38 Å². The maximum Gasteiger partial charge on any atom is 0.262 e. The van der Waals surface area contributed by atoms with E-state index < -0.39 is 5.60 Å². The number of hydrogen-bond donors (Lipinski definition) is 1. The van der Waals surface area contributed by atoms with Crippen molar-refractivity contribution in [3.63, 3.8) is 0 Å². The van der Waals surface area contributed by atoms with Crippen LogP contribution in [0.4, 0.5) is 0 Å². The Kier molecular flexibility index (Phi) is 2.71. The maximum atomic E-state index is 12.2. The molecule has 2 aromatic heterocycles. The molecular formula is C14H15N3O3S. The van der Waals surface area contributed by atoms with Gasteiger partial charge in [-0.05, 0) is 30.2 Å². The van der Waals surface area contributed by atoms with Crippen LogP contribution in [-0.2, 0) is 11.3 Å². The van der Waals surface area contributed by atoms with Crippen molar-refractivity contribution in [1.29, 1.82) is 0 Å². The number of likely N-dealkylation sites (tertiary alicyclic amines) is 1. The molecule has 7 heteroatoms. The molecular weight excluding hydrogens is 290 g/mol. The molecule has 0 bridgehead atoms. The van der Waals surface area contributed by atoms with Gasteiger partial charge in [0, 0.05) is 0 Å². The van der Waals surface area contributed by atoms with E-state index in [0.29, 0.717) is 29.2 Å². The Bertz CT molecular complexity index is 771. The monoisotopic (exact) mass is 305 g/mol. The summed E-state index contributed by atoms with van der Waals surface area (Å²) < 4.78 is 1.34. The molecule has 21 heavy (non-hydrogen) atoms. The lowest BCUT2D eigenvalue weighted by atomic mass is 9.89. The van der Waals surface area contributed by atoms with Gasteiger partial charge in [-0.3, -0.25) is 14.2 Å². The van der Waals surface area contributed by atoms with Crippen molar-refractivity contribution in [2.24, 2.45) is 5.92 Å². The third kappa shape index (κ3) is 2.08. The van der Waals surface area contributed by atoms with Crippen molar-refractivity contribution in [3.8, 4) is 0 Å². The van der Waals surface area contributed by atoms with E-state index in [2.05, 4.69) is 4.98 Å². The minimum atomic E-state index is -0.684. The number of aromatic nitrogens is 2. The number of carbonyl (C=O) groups excluding carboxylic acids is 1. The average molecular weight is 305 g/mol. The molecule has 2 fully saturated rings. The van der Waals surface area contributed by atoms with Gasteiger partial charge >= 0.3 is 0 Å². The second-order valence-corrected chi connectivity index (χ2v) is 6.84. The average Bonchev–Trinajstić information content (AvgIpc) is 3.17. The SMILES string of the molecule is O=C(Cn1cnc2sccc2c1=O)N1CC(O)(C2CC2)C1. The normalized spacial score (nSPS) is 20.5. The zero-order valence-corrected chi connectivity index (χ0v) is 12.2. The number of rotatable bonds is 3. The van der Waals surface area contributed by atoms with E-state index in [-0.39, 0.29) is 18.0 Å². The summed E-state index contributed by atoms with van der Waals surface area (Å²) in [7, 11) is 0. The van der Waals surface area contributed by atoms with E-state index in [0.717, 1.165) is 12.8 Å². The third-order valence-corrected chi connectivity index (χ3v) is 5.20. The minimum absolute atomic E-state index is 0.0155. The van der Waals surface area contributed by atoms with Gasteiger partial charge in [0.2, 0.25) is 5.91 Å². The molecule has 1 aliphatic carbocycles. The van der Waals surface area contributed by atoms with Crippen molar-refractivity contribution in [2.75, 3.05) is 13.1 Å². The summed E-state index contributed by atoms with van der Waals surface area (Å²) in [6.07, 6.45) is 3.53. The molecule has 4 rings (SSSR count). The molecule has 0 aromatic carbocycles. The Morgan fingerprint density at radius 3 is 2.95 bits per heavy atom. The number of nitrogens with zero attached hydrogens (tertiary/aromatic N) is 3. The molecule has 1 saturated heterocycles. The molecule has 2 aromatic rings. The van der Waals surface area contributed by atoms with Gasteiger partial charge in [0.25, 0.3) is 5.56 Å². The Hall–Kier alpha value is -1.73. The predicted octanol–water partition coefficient (Wildman–Crippen LogP) is 0.441. The summed E-state index contributed by atoms with van der Waals surface area (Å²) in [4.78, 5) is 30.9. The number of hydrogen-bond acceptors (Lipinski definition) is 5. The molecule has 2 aliphatic rings. The Balaban J connectivity index is 1.49. The number of β-amino-alcohol motifs (C(OH)–C–C–N with tert-alkyl or cyclic N) is 1. The van der Waals surface area contributed by atoms with Crippen molar-refractivity contribution < 1.29 is 9.90 Å². The van der Waals surface area contributed by atoms with Gasteiger partial charge < -0.3 is 10.0 Å². The van der Waals surface area contributed by atoms with E-state index in [1.165, 1.54) is 22.2 Å². The molecule has 0 spiro atoms. The Labute approximate surface area is 124 Å². The van der Waals surface area contributed by atoms with Crippen molar-refractivity contribution in [2.45, 2.75) is 25.0 Å². The second kappa shape index (κ2) is 4.38. The molecule has 0 radical (unpaired) electrons. The largest absolute Gasteiger partial charge is 0.386 e. The van der Waals surface area contributed by atoms with Crippen LogP contribution in [0, 0.1) is 5.92 Å². The van der Waals surface area contributed by atoms with Crippen LogP contribution in [0.3, 0.4) is 0 Å². The molecule has 110 valence electrons. The van der Waals surface area contributed by atoms with Crippen molar-refractivity contribution in [3.05, 3.63) is 28.1 Å². The third-order valence-electron chi connectivity index (χ3n) is 4.38. The Morgan fingerprint density at radius 1 is 1.48 bits per heavy atom. The fraction of sp³-hybridized carbons (Fsp3) is 0.500. The molecule has 6 nitrogen and oxygen atoms in total. The van der Waals surface area contributed by atoms with Gasteiger partial charge in [0.1, 0.15) is 17.0 Å². The topological polar surface area (TPSA) is 75.4 Å². The molecule has 1 N–H and O–H groups in total. The van der Waals surface area contributed by atoms with Crippen LogP contribution in [0.2, 0.25) is 0 Å². The minimum Gasteiger partial charge on any atom is -0.386 e. The number of fused-ring (bicyclic) bond motifs is 1. The standard InChI is InChI=1S/C14H15N3O3S/c18-11(17-6-14(20,7-17)9-1-2-9)5-16-8-15-12-10(13(16)19)3-4-21-12/h3-4,8-9,20H,1-2,5-7H2. The van der Waals surface area contributed by atoms with Crippen molar-refractivity contribution in [1.82, 2.24) is 14.5 Å². The lowest BCUT2D eigenvalue weighted by Gasteiger charge is -2.47. The lowest BCUT2D eigenvalue weighted by molar-refractivity contribution is -0.159. The van der Waals surface area contributed by atoms with E-state index in [1.54, 1.807) is 11.0 Å². The summed E-state index contributed by atoms with van der Waals surface area (Å²) in [5.74, 6) is 0.215. The van der Waals surface area contributed by atoms with E-state index >= 15 is 0 Å². The summed E-state index contributed by atoms with van der Waals surface area (Å²) in [6, 6.07) is 1.73. The molecule has 0 atom stereocenters. The first-order valence-corrected chi connectivity index (χ1v) is 7.88. The summed E-state index contributed by atoms with van der Waals surface area (Å²) >= 11 is 1.41. The van der Waals surface area contributed by atoms with Gasteiger partial charge in [-0.1, -0.05) is 0 Å². The molecule has 3 heterocycles. The van der Waals surface area contributed by atoms with Crippen LogP contribution in [0.5, 0.6) is 0 Å². The zero-order valence-electron chi connectivity index (χ0n) is 11.4. The maximum absolute atomic E-state index is 12.2. The van der Waals surface area contributed by atoms with Crippen LogP contribution >= 0.6 is 11.3 Å². The van der Waals surface area contributed by atoms with E-state index in [4.69, 9.17) is 0 Å². The predicted molar refractivity (Wildman–Crippen MR) is 78.1 cm³/mol. The Morgan fingerprint density at radius 2 is 2.24 bits per heavy atom. The lowest BCUT2D eigenvalue weighted by Crippen LogP contribution is -2.65. The quantitative estimate of drug-likeness (QED) is 0.893. The van der Waals surface area contributed by atoms with Gasteiger partial charge in [0.05, 0.1) is 24.8 Å². The fourth-order valence-electron chi connectivity index (χ4n) is 2.92. The van der Waals surface area contributed by atoms with E-state index in [9.17, 15) is 14.7 Å². The zero-order chi connectivity index (χ0) is 14.6. The number of amides is 1. The van der Waals surface area contributed by atoms with Crippen LogP contribution in [-0.4, -0.2) is 44.2 Å². The van der Waals surface area contributed by atoms with Crippen LogP contribution < -0.4 is 5.56 Å². The number of thiophene rings is 1. The highest BCUT2D eigenvalue weighted by Crippen LogP contribution is 2.44. The summed E-state index contributed by atoms with van der Waals surface area (Å²) in [5, 5.41) is 12.6. The second-order valence-electron chi connectivity index (χ2n) is 5.94. The highest BCUT2D eigenvalue weighted by molar-refractivity contribution is 7.16. The van der Waals surface area contributed by atoms with Crippen LogP contribution in [0.15, 0.2) is 22.6 Å². The highest BCUT2D eigenvalue weighted by atomic mass is 32.1. The number of aliphatic hydroxyl groups is 1. The molecule has 1 amide bonds. The fourth-order valence-corrected chi connectivity index (χ4v) is 3.64. The summed E-state index contributed by atoms with van der Waals surface area (Å²) in [6.45, 7) is 0.761. The van der Waals surface area contributed by atoms with Crippen molar-refractivity contribution >= 4 is 27.5 Å². The van der Waals surface area contributed by atoms with Gasteiger partial charge in [-0.25, -0.2) is 4.98 Å². The first-order valence-electron chi connectivity index (χ1n) is 7.00. The molecule has 0 unspecified atom stereocenters. The van der Waals surface area contributed by atoms with Gasteiger partial charge in [-0.2, -0.15) is 0 Å². The van der Waals surface area contributed by atoms with Crippen LogP contribution in [0.1, 0.15) is 12.8 Å². The molecule has 1 aliphatic heterocycles.